The molecule has 0 spiro atoms. The van der Waals surface area contributed by atoms with Crippen molar-refractivity contribution >= 4 is 39.0 Å². The number of rotatable bonds is 8. The number of aromatic nitrogens is 2. The molecule has 1 N–H and O–H groups in total. The zero-order chi connectivity index (χ0) is 22.5. The van der Waals surface area contributed by atoms with Gasteiger partial charge in [-0.1, -0.05) is 44.2 Å². The Balaban J connectivity index is 1.49. The van der Waals surface area contributed by atoms with Gasteiger partial charge in [-0.3, -0.25) is 0 Å². The Morgan fingerprint density at radius 3 is 2.53 bits per heavy atom. The summed E-state index contributed by atoms with van der Waals surface area (Å²) in [4.78, 5) is 22.6. The Hall–Kier alpha value is -3.45. The van der Waals surface area contributed by atoms with Gasteiger partial charge in [0.05, 0.1) is 12.0 Å². The van der Waals surface area contributed by atoms with Crippen molar-refractivity contribution in [1.82, 2.24) is 9.97 Å². The summed E-state index contributed by atoms with van der Waals surface area (Å²) in [6, 6.07) is 17.8. The number of anilines is 2. The van der Waals surface area contributed by atoms with Gasteiger partial charge in [-0.15, -0.1) is 11.3 Å². The van der Waals surface area contributed by atoms with Gasteiger partial charge in [-0.2, -0.15) is 0 Å². The van der Waals surface area contributed by atoms with Crippen LogP contribution in [0.15, 0.2) is 60.9 Å². The van der Waals surface area contributed by atoms with Crippen molar-refractivity contribution in [2.24, 2.45) is 5.92 Å². The van der Waals surface area contributed by atoms with Gasteiger partial charge < -0.3 is 14.8 Å². The first kappa shape index (κ1) is 21.8. The van der Waals surface area contributed by atoms with Crippen LogP contribution in [0.4, 0.5) is 11.5 Å². The zero-order valence-corrected chi connectivity index (χ0v) is 19.1. The molecule has 4 rings (SSSR count). The van der Waals surface area contributed by atoms with Gasteiger partial charge in [0.1, 0.15) is 34.2 Å². The van der Waals surface area contributed by atoms with Crippen molar-refractivity contribution < 1.29 is 14.3 Å². The highest BCUT2D eigenvalue weighted by Gasteiger charge is 2.20. The molecule has 6 nitrogen and oxygen atoms in total. The number of hydrogen-bond acceptors (Lipinski definition) is 7. The first-order valence-electron chi connectivity index (χ1n) is 10.5. The van der Waals surface area contributed by atoms with E-state index in [0.29, 0.717) is 23.9 Å². The minimum atomic E-state index is -0.315. The third-order valence-electron chi connectivity index (χ3n) is 4.83. The van der Waals surface area contributed by atoms with Gasteiger partial charge in [0.2, 0.25) is 0 Å². The quantitative estimate of drug-likeness (QED) is 0.327. The molecule has 7 heteroatoms. The van der Waals surface area contributed by atoms with Crippen molar-refractivity contribution in [3.63, 3.8) is 0 Å². The fourth-order valence-electron chi connectivity index (χ4n) is 3.18. The number of carbonyl (C=O) groups excluding carboxylic acids is 1. The SMILES string of the molecule is Cc1c(C(=O)OCC(C)C)sc2ncnc(Nc3ccc(OCc4ccccc4)cc3)c12. The largest absolute Gasteiger partial charge is 0.489 e. The molecule has 4 aromatic rings. The molecule has 2 aromatic heterocycles. The number of fused-ring (bicyclic) bond motifs is 1. The normalized spacial score (nSPS) is 11.0. The minimum absolute atomic E-state index is 0.283. The molecule has 0 aliphatic carbocycles. The molecule has 0 fully saturated rings. The maximum atomic E-state index is 12.5. The van der Waals surface area contributed by atoms with Crippen LogP contribution in [-0.4, -0.2) is 22.5 Å². The van der Waals surface area contributed by atoms with Crippen LogP contribution in [0.5, 0.6) is 5.75 Å². The van der Waals surface area contributed by atoms with E-state index in [-0.39, 0.29) is 11.9 Å². The van der Waals surface area contributed by atoms with Crippen molar-refractivity contribution in [2.45, 2.75) is 27.4 Å². The van der Waals surface area contributed by atoms with Gasteiger partial charge in [0, 0.05) is 5.69 Å². The standard InChI is InChI=1S/C25H25N3O3S/c1-16(2)13-31-25(29)22-17(3)21-23(26-15-27-24(21)32-22)28-19-9-11-20(12-10-19)30-14-18-7-5-4-6-8-18/h4-12,15-16H,13-14H2,1-3H3,(H,26,27,28). The highest BCUT2D eigenvalue weighted by molar-refractivity contribution is 7.20. The van der Waals surface area contributed by atoms with Gasteiger partial charge in [-0.05, 0) is 48.2 Å². The summed E-state index contributed by atoms with van der Waals surface area (Å²) in [7, 11) is 0. The molecule has 2 heterocycles. The van der Waals surface area contributed by atoms with E-state index in [1.54, 1.807) is 0 Å². The average molecular weight is 448 g/mol. The van der Waals surface area contributed by atoms with E-state index in [2.05, 4.69) is 15.3 Å². The molecule has 32 heavy (non-hydrogen) atoms. The summed E-state index contributed by atoms with van der Waals surface area (Å²) < 4.78 is 11.3. The lowest BCUT2D eigenvalue weighted by molar-refractivity contribution is 0.0464. The third-order valence-corrected chi connectivity index (χ3v) is 6.01. The summed E-state index contributed by atoms with van der Waals surface area (Å²) in [5, 5.41) is 4.17. The molecular formula is C25H25N3O3S. The van der Waals surface area contributed by atoms with Crippen LogP contribution in [0.3, 0.4) is 0 Å². The number of benzene rings is 2. The smallest absolute Gasteiger partial charge is 0.348 e. The fraction of sp³-hybridized carbons (Fsp3) is 0.240. The number of ether oxygens (including phenoxy) is 2. The van der Waals surface area contributed by atoms with E-state index in [4.69, 9.17) is 9.47 Å². The summed E-state index contributed by atoms with van der Waals surface area (Å²) in [6.45, 7) is 6.83. The van der Waals surface area contributed by atoms with Crippen molar-refractivity contribution in [3.05, 3.63) is 76.9 Å². The number of esters is 1. The molecule has 0 aliphatic rings. The molecule has 0 saturated heterocycles. The summed E-state index contributed by atoms with van der Waals surface area (Å²) >= 11 is 1.33. The maximum Gasteiger partial charge on any atom is 0.348 e. The Morgan fingerprint density at radius 1 is 1.06 bits per heavy atom. The number of nitrogens with one attached hydrogen (secondary N) is 1. The first-order chi connectivity index (χ1) is 15.5. The van der Waals surface area contributed by atoms with Crippen molar-refractivity contribution in [2.75, 3.05) is 11.9 Å². The second-order valence-electron chi connectivity index (χ2n) is 7.87. The predicted octanol–water partition coefficient (Wildman–Crippen LogP) is 6.14. The molecule has 164 valence electrons. The lowest BCUT2D eigenvalue weighted by Crippen LogP contribution is -2.09. The van der Waals surface area contributed by atoms with Crippen molar-refractivity contribution in [3.8, 4) is 5.75 Å². The number of aryl methyl sites for hydroxylation is 1. The van der Waals surface area contributed by atoms with Crippen molar-refractivity contribution in [1.29, 1.82) is 0 Å². The molecule has 0 amide bonds. The summed E-state index contributed by atoms with van der Waals surface area (Å²) in [5.74, 6) is 1.41. The lowest BCUT2D eigenvalue weighted by atomic mass is 10.2. The van der Waals surface area contributed by atoms with E-state index < -0.39 is 0 Å². The topological polar surface area (TPSA) is 73.3 Å². The molecule has 0 radical (unpaired) electrons. The molecular weight excluding hydrogens is 422 g/mol. The summed E-state index contributed by atoms with van der Waals surface area (Å²) in [6.07, 6.45) is 1.50. The maximum absolute atomic E-state index is 12.5. The number of thiophene rings is 1. The van der Waals surface area contributed by atoms with Gasteiger partial charge in [0.25, 0.3) is 0 Å². The highest BCUT2D eigenvalue weighted by atomic mass is 32.1. The monoisotopic (exact) mass is 447 g/mol. The van der Waals surface area contributed by atoms with E-state index in [9.17, 15) is 4.79 Å². The fourth-order valence-corrected chi connectivity index (χ4v) is 4.22. The number of hydrogen-bond donors (Lipinski definition) is 1. The predicted molar refractivity (Wildman–Crippen MR) is 128 cm³/mol. The highest BCUT2D eigenvalue weighted by Crippen LogP contribution is 2.35. The Labute approximate surface area is 191 Å². The number of nitrogens with zero attached hydrogens (tertiary/aromatic N) is 2. The third kappa shape index (κ3) is 5.06. The van der Waals surface area contributed by atoms with Crippen LogP contribution < -0.4 is 10.1 Å². The Kier molecular flexibility index (Phi) is 6.66. The second-order valence-corrected chi connectivity index (χ2v) is 8.87. The van der Waals surface area contributed by atoms with Gasteiger partial charge in [0.15, 0.2) is 0 Å². The summed E-state index contributed by atoms with van der Waals surface area (Å²) in [5.41, 5.74) is 2.81. The van der Waals surface area contributed by atoms with Crippen LogP contribution in [0.1, 0.15) is 34.6 Å². The molecule has 0 atom stereocenters. The molecule has 0 unspecified atom stereocenters. The van der Waals surface area contributed by atoms with Crippen LogP contribution in [-0.2, 0) is 11.3 Å². The minimum Gasteiger partial charge on any atom is -0.489 e. The van der Waals surface area contributed by atoms with E-state index in [1.807, 2.05) is 75.4 Å². The Morgan fingerprint density at radius 2 is 1.81 bits per heavy atom. The lowest BCUT2D eigenvalue weighted by Gasteiger charge is -2.10. The molecule has 0 aliphatic heterocycles. The van der Waals surface area contributed by atoms with E-state index in [1.165, 1.54) is 17.7 Å². The zero-order valence-electron chi connectivity index (χ0n) is 18.3. The van der Waals surface area contributed by atoms with Crippen LogP contribution in [0.25, 0.3) is 10.2 Å². The second kappa shape index (κ2) is 9.78. The number of carbonyl (C=O) groups is 1. The van der Waals surface area contributed by atoms with E-state index >= 15 is 0 Å². The average Bonchev–Trinajstić information content (AvgIpc) is 3.15. The molecule has 0 saturated carbocycles. The van der Waals surface area contributed by atoms with Crippen LogP contribution in [0.2, 0.25) is 0 Å². The first-order valence-corrected chi connectivity index (χ1v) is 11.3. The van der Waals surface area contributed by atoms with Gasteiger partial charge >= 0.3 is 5.97 Å². The van der Waals surface area contributed by atoms with Crippen LogP contribution in [0, 0.1) is 12.8 Å². The molecule has 2 aromatic carbocycles. The molecule has 0 bridgehead atoms. The van der Waals surface area contributed by atoms with Gasteiger partial charge in [-0.25, -0.2) is 14.8 Å². The Bertz CT molecular complexity index is 1200. The van der Waals surface area contributed by atoms with E-state index in [0.717, 1.165) is 32.8 Å². The van der Waals surface area contributed by atoms with Crippen LogP contribution >= 0.6 is 11.3 Å².